The molecule has 1 aromatic carbocycles. The summed E-state index contributed by atoms with van der Waals surface area (Å²) in [6.07, 6.45) is 4.81. The van der Waals surface area contributed by atoms with Gasteiger partial charge in [0.15, 0.2) is 5.82 Å². The Bertz CT molecular complexity index is 1100. The summed E-state index contributed by atoms with van der Waals surface area (Å²) >= 11 is 0. The fraction of sp³-hybridized carbons (Fsp3) is 0.150. The Kier molecular flexibility index (Phi) is 4.67. The third kappa shape index (κ3) is 3.52. The minimum absolute atomic E-state index is 0.0258. The number of hydrogen-bond acceptors (Lipinski definition) is 6. The maximum absolute atomic E-state index is 12.2. The first kappa shape index (κ1) is 17.6. The maximum atomic E-state index is 12.2. The third-order valence-corrected chi connectivity index (χ3v) is 3.95. The molecule has 0 atom stereocenters. The van der Waals surface area contributed by atoms with E-state index in [1.165, 1.54) is 6.33 Å². The zero-order valence-corrected chi connectivity index (χ0v) is 15.4. The van der Waals surface area contributed by atoms with Crippen LogP contribution in [-0.2, 0) is 0 Å². The molecular weight excluding hydrogens is 356 g/mol. The molecule has 4 aromatic rings. The van der Waals surface area contributed by atoms with Gasteiger partial charge in [-0.3, -0.25) is 9.36 Å². The van der Waals surface area contributed by atoms with Crippen molar-refractivity contribution in [3.63, 3.8) is 0 Å². The Balaban J connectivity index is 1.68. The van der Waals surface area contributed by atoms with Crippen LogP contribution in [0, 0.1) is 0 Å². The standard InChI is InChI=1S/C20H18N6O2/c1-13(2)23-19(27)16-11-26(12-22-16)18-15(9-6-10-21-18)20-24-17(25-28-20)14-7-4-3-5-8-14/h3-13H,1-2H3,(H,23,27). The van der Waals surface area contributed by atoms with Gasteiger partial charge in [-0.1, -0.05) is 35.5 Å². The summed E-state index contributed by atoms with van der Waals surface area (Å²) in [6.45, 7) is 3.79. The molecule has 8 nitrogen and oxygen atoms in total. The number of rotatable bonds is 5. The fourth-order valence-electron chi connectivity index (χ4n) is 2.70. The summed E-state index contributed by atoms with van der Waals surface area (Å²) in [6, 6.07) is 13.2. The Morgan fingerprint density at radius 3 is 2.71 bits per heavy atom. The Morgan fingerprint density at radius 2 is 1.93 bits per heavy atom. The van der Waals surface area contributed by atoms with Crippen LogP contribution in [0.15, 0.2) is 65.7 Å². The first-order valence-electron chi connectivity index (χ1n) is 8.81. The Morgan fingerprint density at radius 1 is 1.11 bits per heavy atom. The highest BCUT2D eigenvalue weighted by Crippen LogP contribution is 2.26. The molecule has 0 aliphatic rings. The third-order valence-electron chi connectivity index (χ3n) is 3.95. The van der Waals surface area contributed by atoms with Crippen LogP contribution in [0.3, 0.4) is 0 Å². The van der Waals surface area contributed by atoms with Gasteiger partial charge in [0.25, 0.3) is 11.8 Å². The number of imidazole rings is 1. The van der Waals surface area contributed by atoms with E-state index in [0.717, 1.165) is 5.56 Å². The second kappa shape index (κ2) is 7.43. The molecule has 0 saturated heterocycles. The van der Waals surface area contributed by atoms with Crippen molar-refractivity contribution in [2.75, 3.05) is 0 Å². The smallest absolute Gasteiger partial charge is 0.271 e. The van der Waals surface area contributed by atoms with Gasteiger partial charge in [0.2, 0.25) is 5.82 Å². The molecule has 1 N–H and O–H groups in total. The minimum Gasteiger partial charge on any atom is -0.348 e. The first-order valence-corrected chi connectivity index (χ1v) is 8.81. The molecule has 28 heavy (non-hydrogen) atoms. The van der Waals surface area contributed by atoms with Crippen LogP contribution in [0.25, 0.3) is 28.7 Å². The average Bonchev–Trinajstić information content (AvgIpc) is 3.38. The quantitative estimate of drug-likeness (QED) is 0.576. The van der Waals surface area contributed by atoms with E-state index >= 15 is 0 Å². The van der Waals surface area contributed by atoms with Gasteiger partial charge in [-0.05, 0) is 26.0 Å². The lowest BCUT2D eigenvalue weighted by Gasteiger charge is -2.06. The second-order valence-corrected chi connectivity index (χ2v) is 6.46. The van der Waals surface area contributed by atoms with E-state index in [0.29, 0.717) is 28.8 Å². The summed E-state index contributed by atoms with van der Waals surface area (Å²) in [4.78, 5) is 25.2. The lowest BCUT2D eigenvalue weighted by atomic mass is 10.2. The predicted octanol–water partition coefficient (Wildman–Crippen LogP) is 3.12. The molecule has 0 unspecified atom stereocenters. The molecule has 0 saturated carbocycles. The summed E-state index contributed by atoms with van der Waals surface area (Å²) < 4.78 is 7.12. The SMILES string of the molecule is CC(C)NC(=O)c1cn(-c2ncccc2-c2nc(-c3ccccc3)no2)cn1. The zero-order valence-electron chi connectivity index (χ0n) is 15.4. The van der Waals surface area contributed by atoms with Gasteiger partial charge in [-0.15, -0.1) is 0 Å². The molecule has 0 bridgehead atoms. The van der Waals surface area contributed by atoms with Crippen molar-refractivity contribution < 1.29 is 9.32 Å². The monoisotopic (exact) mass is 374 g/mol. The van der Waals surface area contributed by atoms with Crippen molar-refractivity contribution in [3.05, 3.63) is 66.9 Å². The topological polar surface area (TPSA) is 98.7 Å². The fourth-order valence-corrected chi connectivity index (χ4v) is 2.70. The summed E-state index contributed by atoms with van der Waals surface area (Å²) in [5.74, 6) is 1.13. The van der Waals surface area contributed by atoms with E-state index < -0.39 is 0 Å². The van der Waals surface area contributed by atoms with Gasteiger partial charge in [-0.25, -0.2) is 9.97 Å². The maximum Gasteiger partial charge on any atom is 0.271 e. The number of amides is 1. The molecular formula is C20H18N6O2. The minimum atomic E-state index is -0.240. The summed E-state index contributed by atoms with van der Waals surface area (Å²) in [5.41, 5.74) is 1.81. The molecule has 3 heterocycles. The van der Waals surface area contributed by atoms with Crippen molar-refractivity contribution in [1.29, 1.82) is 0 Å². The number of nitrogens with zero attached hydrogens (tertiary/aromatic N) is 5. The van der Waals surface area contributed by atoms with Crippen LogP contribution >= 0.6 is 0 Å². The summed E-state index contributed by atoms with van der Waals surface area (Å²) in [7, 11) is 0. The average molecular weight is 374 g/mol. The number of benzene rings is 1. The van der Waals surface area contributed by atoms with Crippen LogP contribution in [0.4, 0.5) is 0 Å². The molecule has 140 valence electrons. The predicted molar refractivity (Wildman–Crippen MR) is 103 cm³/mol. The number of hydrogen-bond donors (Lipinski definition) is 1. The molecule has 1 amide bonds. The largest absolute Gasteiger partial charge is 0.348 e. The van der Waals surface area contributed by atoms with Gasteiger partial charge >= 0.3 is 0 Å². The number of nitrogens with one attached hydrogen (secondary N) is 1. The molecule has 0 aliphatic heterocycles. The van der Waals surface area contributed by atoms with Gasteiger partial charge in [0.05, 0.1) is 5.56 Å². The van der Waals surface area contributed by atoms with Gasteiger partial charge in [0, 0.05) is 24.0 Å². The molecule has 0 aliphatic carbocycles. The molecule has 0 spiro atoms. The van der Waals surface area contributed by atoms with E-state index in [1.807, 2.05) is 50.2 Å². The van der Waals surface area contributed by atoms with Crippen molar-refractivity contribution in [2.45, 2.75) is 19.9 Å². The van der Waals surface area contributed by atoms with Crippen LogP contribution in [0.1, 0.15) is 24.3 Å². The van der Waals surface area contributed by atoms with Crippen molar-refractivity contribution in [2.24, 2.45) is 0 Å². The van der Waals surface area contributed by atoms with Crippen LogP contribution in [0.5, 0.6) is 0 Å². The summed E-state index contributed by atoms with van der Waals surface area (Å²) in [5, 5.41) is 6.88. The van der Waals surface area contributed by atoms with Crippen molar-refractivity contribution in [3.8, 4) is 28.7 Å². The molecule has 0 radical (unpaired) electrons. The van der Waals surface area contributed by atoms with Crippen LogP contribution in [-0.4, -0.2) is 36.6 Å². The zero-order chi connectivity index (χ0) is 19.5. The van der Waals surface area contributed by atoms with Gasteiger partial charge in [-0.2, -0.15) is 4.98 Å². The molecule has 8 heteroatoms. The number of carbonyl (C=O) groups is 1. The number of aromatic nitrogens is 5. The van der Waals surface area contributed by atoms with Crippen molar-refractivity contribution >= 4 is 5.91 Å². The highest BCUT2D eigenvalue weighted by molar-refractivity contribution is 5.92. The number of pyridine rings is 1. The van der Waals surface area contributed by atoms with E-state index in [2.05, 4.69) is 25.4 Å². The van der Waals surface area contributed by atoms with E-state index in [-0.39, 0.29) is 11.9 Å². The Labute approximate surface area is 161 Å². The van der Waals surface area contributed by atoms with E-state index in [9.17, 15) is 4.79 Å². The lowest BCUT2D eigenvalue weighted by Crippen LogP contribution is -2.30. The van der Waals surface area contributed by atoms with Crippen LogP contribution < -0.4 is 5.32 Å². The van der Waals surface area contributed by atoms with Gasteiger partial charge in [0.1, 0.15) is 12.0 Å². The first-order chi connectivity index (χ1) is 13.6. The Hall–Kier alpha value is -3.81. The van der Waals surface area contributed by atoms with E-state index in [1.54, 1.807) is 23.0 Å². The second-order valence-electron chi connectivity index (χ2n) is 6.46. The normalized spacial score (nSPS) is 11.0. The van der Waals surface area contributed by atoms with Crippen LogP contribution in [0.2, 0.25) is 0 Å². The van der Waals surface area contributed by atoms with Gasteiger partial charge < -0.3 is 9.84 Å². The molecule has 4 rings (SSSR count). The van der Waals surface area contributed by atoms with E-state index in [4.69, 9.17) is 4.52 Å². The number of carbonyl (C=O) groups excluding carboxylic acids is 1. The highest BCUT2D eigenvalue weighted by Gasteiger charge is 2.18. The lowest BCUT2D eigenvalue weighted by molar-refractivity contribution is 0.0938. The molecule has 0 fully saturated rings. The van der Waals surface area contributed by atoms with Crippen molar-refractivity contribution in [1.82, 2.24) is 30.0 Å². The molecule has 3 aromatic heterocycles. The highest BCUT2D eigenvalue weighted by atomic mass is 16.5.